The van der Waals surface area contributed by atoms with Gasteiger partial charge in [-0.1, -0.05) is 23.8 Å². The quantitative estimate of drug-likeness (QED) is 0.475. The van der Waals surface area contributed by atoms with Crippen LogP contribution in [0.2, 0.25) is 0 Å². The number of halogens is 1. The normalized spacial score (nSPS) is 23.2. The van der Waals surface area contributed by atoms with Crippen molar-refractivity contribution in [3.8, 4) is 5.69 Å². The Labute approximate surface area is 210 Å². The van der Waals surface area contributed by atoms with Gasteiger partial charge < -0.3 is 5.11 Å². The summed E-state index contributed by atoms with van der Waals surface area (Å²) in [5, 5.41) is 16.2. The minimum atomic E-state index is -3.35. The van der Waals surface area contributed by atoms with Crippen molar-refractivity contribution in [2.24, 2.45) is 5.92 Å². The van der Waals surface area contributed by atoms with E-state index in [1.165, 1.54) is 17.7 Å². The summed E-state index contributed by atoms with van der Waals surface area (Å²) in [6.07, 6.45) is 6.92. The molecule has 3 aromatic rings. The van der Waals surface area contributed by atoms with E-state index in [-0.39, 0.29) is 17.0 Å². The van der Waals surface area contributed by atoms with Crippen molar-refractivity contribution in [2.45, 2.75) is 62.7 Å². The fourth-order valence-electron chi connectivity index (χ4n) is 5.79. The van der Waals surface area contributed by atoms with E-state index in [2.05, 4.69) is 10.8 Å². The maximum absolute atomic E-state index is 13.4. The second kappa shape index (κ2) is 8.56. The number of benzene rings is 2. The largest absolute Gasteiger partial charge is 0.389 e. The Hall–Kier alpha value is -2.97. The molecule has 2 aromatic carbocycles. The van der Waals surface area contributed by atoms with Crippen LogP contribution in [-0.4, -0.2) is 34.2 Å². The van der Waals surface area contributed by atoms with Gasteiger partial charge in [0.25, 0.3) is 0 Å². The van der Waals surface area contributed by atoms with Gasteiger partial charge in [-0.05, 0) is 93.8 Å². The monoisotopic (exact) mass is 507 g/mol. The number of rotatable bonds is 7. The van der Waals surface area contributed by atoms with Crippen LogP contribution in [0.1, 0.15) is 54.6 Å². The fraction of sp³-hybridized carbons (Fsp3) is 0.393. The van der Waals surface area contributed by atoms with Gasteiger partial charge in [-0.3, -0.25) is 4.72 Å². The van der Waals surface area contributed by atoms with Crippen LogP contribution in [0.5, 0.6) is 0 Å². The molecule has 3 aliphatic rings. The number of nitrogens with zero attached hydrogens (tertiary/aromatic N) is 2. The van der Waals surface area contributed by atoms with Gasteiger partial charge in [0.15, 0.2) is 0 Å². The number of hydrogen-bond acceptors (Lipinski definition) is 4. The zero-order chi connectivity index (χ0) is 25.1. The highest BCUT2D eigenvalue weighted by Gasteiger charge is 2.46. The van der Waals surface area contributed by atoms with Crippen LogP contribution >= 0.6 is 0 Å². The van der Waals surface area contributed by atoms with E-state index < -0.39 is 15.6 Å². The fourth-order valence-corrected chi connectivity index (χ4v) is 7.22. The Morgan fingerprint density at radius 2 is 1.92 bits per heavy atom. The molecular formula is C28H30FN3O3S. The minimum Gasteiger partial charge on any atom is -0.389 e. The molecule has 2 N–H and O–H groups in total. The number of fused-ring (bicyclic) bond motifs is 2. The molecule has 6 rings (SSSR count). The van der Waals surface area contributed by atoms with E-state index in [0.717, 1.165) is 34.6 Å². The zero-order valence-electron chi connectivity index (χ0n) is 20.2. The van der Waals surface area contributed by atoms with E-state index in [9.17, 15) is 17.9 Å². The highest BCUT2D eigenvalue weighted by atomic mass is 32.2. The topological polar surface area (TPSA) is 84.2 Å². The van der Waals surface area contributed by atoms with Crippen LogP contribution in [-0.2, 0) is 22.9 Å². The van der Waals surface area contributed by atoms with Gasteiger partial charge >= 0.3 is 0 Å². The molecule has 0 radical (unpaired) electrons. The predicted molar refractivity (Wildman–Crippen MR) is 138 cm³/mol. The molecule has 1 aromatic heterocycles. The van der Waals surface area contributed by atoms with Crippen LogP contribution in [0, 0.1) is 18.7 Å². The lowest BCUT2D eigenvalue weighted by Crippen LogP contribution is -2.36. The lowest BCUT2D eigenvalue weighted by Gasteiger charge is -2.33. The van der Waals surface area contributed by atoms with Gasteiger partial charge in [-0.2, -0.15) is 5.10 Å². The van der Waals surface area contributed by atoms with Gasteiger partial charge in [0.05, 0.1) is 33.6 Å². The van der Waals surface area contributed by atoms with E-state index in [1.807, 2.05) is 29.8 Å². The third-order valence-electron chi connectivity index (χ3n) is 8.03. The average molecular weight is 508 g/mol. The second-order valence-corrected chi connectivity index (χ2v) is 12.4. The molecule has 3 aliphatic carbocycles. The molecule has 1 heterocycles. The highest BCUT2D eigenvalue weighted by molar-refractivity contribution is 7.93. The van der Waals surface area contributed by atoms with Crippen LogP contribution in [0.4, 0.5) is 10.1 Å². The van der Waals surface area contributed by atoms with Gasteiger partial charge in [-0.25, -0.2) is 17.5 Å². The molecule has 6 nitrogen and oxygen atoms in total. The molecule has 0 spiro atoms. The van der Waals surface area contributed by atoms with Gasteiger partial charge in [-0.15, -0.1) is 0 Å². The summed E-state index contributed by atoms with van der Waals surface area (Å²) >= 11 is 0. The van der Waals surface area contributed by atoms with Crippen LogP contribution in [0.25, 0.3) is 11.8 Å². The maximum Gasteiger partial charge on any atom is 0.235 e. The first-order valence-corrected chi connectivity index (χ1v) is 14.1. The molecule has 2 saturated carbocycles. The average Bonchev–Trinajstić information content (AvgIpc) is 3.62. The predicted octanol–water partition coefficient (Wildman–Crippen LogP) is 4.94. The maximum atomic E-state index is 13.4. The first-order valence-electron chi connectivity index (χ1n) is 12.6. The van der Waals surface area contributed by atoms with E-state index >= 15 is 0 Å². The lowest BCUT2D eigenvalue weighted by atomic mass is 9.77. The molecule has 2 fully saturated rings. The third kappa shape index (κ3) is 4.16. The van der Waals surface area contributed by atoms with E-state index in [4.69, 9.17) is 5.10 Å². The summed E-state index contributed by atoms with van der Waals surface area (Å²) in [5.74, 6) is -0.275. The standard InChI is InChI=1S/C28H30FN3O3S/c1-18-24-17-25-20(16-27(24)32(30-18)22-8-6-21(29)7-9-22)13-15-28(25,33)14-12-19-4-2-3-5-26(19)31-36(34,35)23-10-11-23/h2-9,16,23,25,31,33H,10-15,17H2,1H3. The molecular weight excluding hydrogens is 477 g/mol. The zero-order valence-corrected chi connectivity index (χ0v) is 21.1. The van der Waals surface area contributed by atoms with Gasteiger partial charge in [0.1, 0.15) is 5.82 Å². The molecule has 0 bridgehead atoms. The summed E-state index contributed by atoms with van der Waals surface area (Å²) in [4.78, 5) is 0. The minimum absolute atomic E-state index is 0.00452. The Morgan fingerprint density at radius 3 is 2.67 bits per heavy atom. The number of aromatic nitrogens is 2. The molecule has 36 heavy (non-hydrogen) atoms. The van der Waals surface area contributed by atoms with Crippen molar-refractivity contribution in [1.82, 2.24) is 9.78 Å². The van der Waals surface area contributed by atoms with Gasteiger partial charge in [0.2, 0.25) is 10.0 Å². The molecule has 2 atom stereocenters. The molecule has 0 saturated heterocycles. The number of para-hydroxylation sites is 1. The van der Waals surface area contributed by atoms with E-state index in [0.29, 0.717) is 44.2 Å². The Morgan fingerprint density at radius 1 is 1.17 bits per heavy atom. The SMILES string of the molecule is Cc1nn(-c2ccc(F)cc2)c2c1CC1C(=C2)CCC1(O)CCc1ccccc1NS(=O)(=O)C1CC1. The number of anilines is 1. The number of aryl methyl sites for hydroxylation is 2. The first-order chi connectivity index (χ1) is 17.2. The van der Waals surface area contributed by atoms with Crippen LogP contribution in [0.15, 0.2) is 54.1 Å². The Bertz CT molecular complexity index is 1460. The van der Waals surface area contributed by atoms with Crippen LogP contribution < -0.4 is 4.72 Å². The molecule has 0 amide bonds. The van der Waals surface area contributed by atoms with Crippen molar-refractivity contribution in [2.75, 3.05) is 4.72 Å². The van der Waals surface area contributed by atoms with Crippen molar-refractivity contribution in [1.29, 1.82) is 0 Å². The van der Waals surface area contributed by atoms with E-state index in [1.54, 1.807) is 18.2 Å². The third-order valence-corrected chi connectivity index (χ3v) is 9.88. The molecule has 2 unspecified atom stereocenters. The number of nitrogens with one attached hydrogen (secondary N) is 1. The highest BCUT2D eigenvalue weighted by Crippen LogP contribution is 2.49. The lowest BCUT2D eigenvalue weighted by molar-refractivity contribution is 0.00158. The van der Waals surface area contributed by atoms with Crippen molar-refractivity contribution in [3.63, 3.8) is 0 Å². The Kier molecular flexibility index (Phi) is 5.57. The molecule has 0 aliphatic heterocycles. The number of sulfonamides is 1. The second-order valence-electron chi connectivity index (χ2n) is 10.4. The number of aliphatic hydroxyl groups is 1. The van der Waals surface area contributed by atoms with Gasteiger partial charge in [0, 0.05) is 11.5 Å². The van der Waals surface area contributed by atoms with Crippen molar-refractivity contribution in [3.05, 3.63) is 82.4 Å². The summed E-state index contributed by atoms with van der Waals surface area (Å²) in [6, 6.07) is 13.8. The summed E-state index contributed by atoms with van der Waals surface area (Å²) in [7, 11) is -3.35. The van der Waals surface area contributed by atoms with Crippen LogP contribution in [0.3, 0.4) is 0 Å². The summed E-state index contributed by atoms with van der Waals surface area (Å²) in [6.45, 7) is 1.98. The van der Waals surface area contributed by atoms with Crippen molar-refractivity contribution < 1.29 is 17.9 Å². The number of hydrogen-bond donors (Lipinski definition) is 2. The first kappa shape index (κ1) is 23.4. The Balaban J connectivity index is 1.23. The summed E-state index contributed by atoms with van der Waals surface area (Å²) in [5.41, 5.74) is 5.73. The molecule has 8 heteroatoms. The van der Waals surface area contributed by atoms with Crippen molar-refractivity contribution >= 4 is 21.8 Å². The molecule has 188 valence electrons. The summed E-state index contributed by atoms with van der Waals surface area (Å²) < 4.78 is 43.1. The smallest absolute Gasteiger partial charge is 0.235 e.